The highest BCUT2D eigenvalue weighted by Gasteiger charge is 2.33. The molecule has 0 spiro atoms. The number of hydrogen-bond donors (Lipinski definition) is 1. The Kier molecular flexibility index (Phi) is 7.04. The van der Waals surface area contributed by atoms with Gasteiger partial charge < -0.3 is 4.98 Å². The Morgan fingerprint density at radius 2 is 1.81 bits per heavy atom. The first-order valence-electron chi connectivity index (χ1n) is 12.6. The van der Waals surface area contributed by atoms with Gasteiger partial charge in [-0.15, -0.1) is 16.4 Å². The van der Waals surface area contributed by atoms with E-state index in [1.165, 1.54) is 10.4 Å². The van der Waals surface area contributed by atoms with Crippen LogP contribution in [0.15, 0.2) is 76.9 Å². The number of nitrogens with one attached hydrogen (secondary N) is 1. The van der Waals surface area contributed by atoms with E-state index in [2.05, 4.69) is 94.9 Å². The molecule has 3 aromatic heterocycles. The molecule has 0 saturated carbocycles. The fourth-order valence-corrected chi connectivity index (χ4v) is 5.43. The minimum atomic E-state index is -0.463. The summed E-state index contributed by atoms with van der Waals surface area (Å²) in [5.41, 5.74) is 3.35. The summed E-state index contributed by atoms with van der Waals surface area (Å²) in [6, 6.07) is 22.3. The van der Waals surface area contributed by atoms with Gasteiger partial charge in [-0.2, -0.15) is 0 Å². The van der Waals surface area contributed by atoms with Crippen molar-refractivity contribution in [2.75, 3.05) is 0 Å². The van der Waals surface area contributed by atoms with Crippen LogP contribution in [-0.4, -0.2) is 30.1 Å². The lowest BCUT2D eigenvalue weighted by Gasteiger charge is -2.32. The van der Waals surface area contributed by atoms with Crippen molar-refractivity contribution in [1.29, 1.82) is 0 Å². The molecular weight excluding hydrogens is 480 g/mol. The molecule has 0 amide bonds. The van der Waals surface area contributed by atoms with E-state index in [4.69, 9.17) is 0 Å². The molecule has 0 bridgehead atoms. The van der Waals surface area contributed by atoms with Crippen molar-refractivity contribution in [3.05, 3.63) is 110 Å². The van der Waals surface area contributed by atoms with Crippen LogP contribution in [0.25, 0.3) is 10.9 Å². The highest BCUT2D eigenvalue weighted by Crippen LogP contribution is 2.32. The molecule has 37 heavy (non-hydrogen) atoms. The molecule has 0 aliphatic heterocycles. The van der Waals surface area contributed by atoms with E-state index >= 15 is 0 Å². The van der Waals surface area contributed by atoms with Gasteiger partial charge in [0, 0.05) is 29.0 Å². The second-order valence-corrected chi connectivity index (χ2v) is 11.4. The number of tetrazole rings is 1. The second-order valence-electron chi connectivity index (χ2n) is 10.3. The zero-order valence-corrected chi connectivity index (χ0v) is 22.5. The van der Waals surface area contributed by atoms with Gasteiger partial charge in [-0.3, -0.25) is 9.69 Å². The SMILES string of the molecule is CCc1ccc2[nH]c(=O)c([C@@H](c3nnnn3C(C)(C)C)N(Cc3ccccc3)Cc3cccs3)cc2c1. The minimum absolute atomic E-state index is 0.130. The van der Waals surface area contributed by atoms with Crippen LogP contribution in [0.3, 0.4) is 0 Å². The number of aromatic amines is 1. The molecule has 190 valence electrons. The van der Waals surface area contributed by atoms with Crippen LogP contribution in [-0.2, 0) is 25.0 Å². The Balaban J connectivity index is 1.73. The van der Waals surface area contributed by atoms with E-state index in [0.717, 1.165) is 22.9 Å². The predicted molar refractivity (Wildman–Crippen MR) is 149 cm³/mol. The van der Waals surface area contributed by atoms with Crippen LogP contribution in [0, 0.1) is 0 Å². The largest absolute Gasteiger partial charge is 0.322 e. The Bertz CT molecular complexity index is 1530. The molecule has 7 nitrogen and oxygen atoms in total. The van der Waals surface area contributed by atoms with E-state index in [0.29, 0.717) is 24.5 Å². The number of nitrogens with zero attached hydrogens (tertiary/aromatic N) is 5. The van der Waals surface area contributed by atoms with Crippen LogP contribution in [0.4, 0.5) is 0 Å². The molecule has 0 fully saturated rings. The van der Waals surface area contributed by atoms with Gasteiger partial charge in [0.2, 0.25) is 0 Å². The second kappa shape index (κ2) is 10.4. The van der Waals surface area contributed by atoms with Gasteiger partial charge in [0.25, 0.3) is 5.56 Å². The highest BCUT2D eigenvalue weighted by molar-refractivity contribution is 7.09. The third-order valence-corrected chi connectivity index (χ3v) is 7.41. The van der Waals surface area contributed by atoms with E-state index < -0.39 is 6.04 Å². The van der Waals surface area contributed by atoms with E-state index in [1.54, 1.807) is 11.3 Å². The average molecular weight is 513 g/mol. The van der Waals surface area contributed by atoms with Gasteiger partial charge in [-0.05, 0) is 83.8 Å². The fourth-order valence-electron chi connectivity index (χ4n) is 4.70. The molecule has 1 N–H and O–H groups in total. The summed E-state index contributed by atoms with van der Waals surface area (Å²) in [7, 11) is 0. The third-order valence-electron chi connectivity index (χ3n) is 6.55. The number of aromatic nitrogens is 5. The van der Waals surface area contributed by atoms with E-state index in [-0.39, 0.29) is 11.1 Å². The van der Waals surface area contributed by atoms with Gasteiger partial charge in [-0.25, -0.2) is 4.68 Å². The lowest BCUT2D eigenvalue weighted by atomic mass is 10.00. The lowest BCUT2D eigenvalue weighted by Crippen LogP contribution is -2.37. The molecule has 0 radical (unpaired) electrons. The van der Waals surface area contributed by atoms with Crippen LogP contribution in [0.5, 0.6) is 0 Å². The monoisotopic (exact) mass is 512 g/mol. The van der Waals surface area contributed by atoms with Crippen molar-refractivity contribution < 1.29 is 0 Å². The standard InChI is InChI=1S/C29H32N6OS/c1-5-20-13-14-25-22(16-20)17-24(28(36)30-25)26(27-31-32-33-35(27)29(2,3)4)34(19-23-12-9-15-37-23)18-21-10-7-6-8-11-21/h6-17,26H,5,18-19H2,1-4H3,(H,30,36)/t26-/m0/s1. The van der Waals surface area contributed by atoms with Crippen LogP contribution in [0.2, 0.25) is 0 Å². The summed E-state index contributed by atoms with van der Waals surface area (Å²) >= 11 is 1.71. The fraction of sp³-hybridized carbons (Fsp3) is 0.310. The maximum absolute atomic E-state index is 13.7. The molecule has 0 saturated heterocycles. The molecule has 3 heterocycles. The van der Waals surface area contributed by atoms with Gasteiger partial charge in [0.05, 0.1) is 5.54 Å². The van der Waals surface area contributed by atoms with Crippen LogP contribution in [0.1, 0.15) is 61.1 Å². The lowest BCUT2D eigenvalue weighted by molar-refractivity contribution is 0.186. The zero-order chi connectivity index (χ0) is 26.0. The Morgan fingerprint density at radius 1 is 1.00 bits per heavy atom. The number of benzene rings is 2. The molecule has 0 aliphatic rings. The summed E-state index contributed by atoms with van der Waals surface area (Å²) in [6.07, 6.45) is 0.925. The molecule has 8 heteroatoms. The summed E-state index contributed by atoms with van der Waals surface area (Å²) in [5, 5.41) is 16.0. The number of thiophene rings is 1. The first kappa shape index (κ1) is 25.0. The number of H-pyrrole nitrogens is 1. The molecule has 5 rings (SSSR count). The molecule has 1 atom stereocenters. The van der Waals surface area contributed by atoms with Crippen molar-refractivity contribution >= 4 is 22.2 Å². The zero-order valence-electron chi connectivity index (χ0n) is 21.7. The number of pyridine rings is 1. The average Bonchev–Trinajstić information content (AvgIpc) is 3.57. The van der Waals surface area contributed by atoms with Crippen molar-refractivity contribution in [3.8, 4) is 0 Å². The number of hydrogen-bond acceptors (Lipinski definition) is 6. The third kappa shape index (κ3) is 5.40. The normalized spacial score (nSPS) is 12.9. The van der Waals surface area contributed by atoms with Gasteiger partial charge >= 0.3 is 0 Å². The highest BCUT2D eigenvalue weighted by atomic mass is 32.1. The van der Waals surface area contributed by atoms with Crippen molar-refractivity contribution in [1.82, 2.24) is 30.1 Å². The molecule has 0 aliphatic carbocycles. The van der Waals surface area contributed by atoms with E-state index in [9.17, 15) is 4.79 Å². The summed E-state index contributed by atoms with van der Waals surface area (Å²) in [5.74, 6) is 0.650. The minimum Gasteiger partial charge on any atom is -0.322 e. The molecule has 0 unspecified atom stereocenters. The number of rotatable bonds is 8. The maximum Gasteiger partial charge on any atom is 0.253 e. The van der Waals surface area contributed by atoms with Crippen LogP contribution >= 0.6 is 11.3 Å². The predicted octanol–water partition coefficient (Wildman–Crippen LogP) is 5.69. The van der Waals surface area contributed by atoms with E-state index in [1.807, 2.05) is 35.0 Å². The first-order chi connectivity index (χ1) is 17.8. The van der Waals surface area contributed by atoms with Crippen molar-refractivity contribution in [2.45, 2.75) is 58.8 Å². The van der Waals surface area contributed by atoms with Gasteiger partial charge in [-0.1, -0.05) is 49.4 Å². The smallest absolute Gasteiger partial charge is 0.253 e. The molecule has 5 aromatic rings. The maximum atomic E-state index is 13.7. The quantitative estimate of drug-likeness (QED) is 0.289. The summed E-state index contributed by atoms with van der Waals surface area (Å²) in [4.78, 5) is 20.3. The topological polar surface area (TPSA) is 79.7 Å². The Hall–Kier alpha value is -3.62. The van der Waals surface area contributed by atoms with Crippen LogP contribution < -0.4 is 5.56 Å². The number of aryl methyl sites for hydroxylation is 1. The molecular formula is C29H32N6OS. The Labute approximate surface area is 220 Å². The van der Waals surface area contributed by atoms with Gasteiger partial charge in [0.1, 0.15) is 6.04 Å². The number of fused-ring (bicyclic) bond motifs is 1. The van der Waals surface area contributed by atoms with Crippen molar-refractivity contribution in [2.24, 2.45) is 0 Å². The van der Waals surface area contributed by atoms with Crippen molar-refractivity contribution in [3.63, 3.8) is 0 Å². The Morgan fingerprint density at radius 3 is 2.51 bits per heavy atom. The van der Waals surface area contributed by atoms with Gasteiger partial charge in [0.15, 0.2) is 5.82 Å². The summed E-state index contributed by atoms with van der Waals surface area (Å²) < 4.78 is 1.84. The first-order valence-corrected chi connectivity index (χ1v) is 13.5. The summed E-state index contributed by atoms with van der Waals surface area (Å²) in [6.45, 7) is 9.64. The molecule has 2 aromatic carbocycles.